The van der Waals surface area contributed by atoms with E-state index in [-0.39, 0.29) is 5.54 Å². The van der Waals surface area contributed by atoms with Crippen LogP contribution in [0.4, 0.5) is 5.69 Å². The first-order valence-corrected chi connectivity index (χ1v) is 6.93. The zero-order valence-electron chi connectivity index (χ0n) is 12.4. The molecule has 0 saturated carbocycles. The molecule has 2 N–H and O–H groups in total. The molecule has 0 aliphatic rings. The summed E-state index contributed by atoms with van der Waals surface area (Å²) in [6.07, 6.45) is 3.29. The lowest BCUT2D eigenvalue weighted by Gasteiger charge is -2.20. The van der Waals surface area contributed by atoms with Crippen LogP contribution in [0.1, 0.15) is 26.3 Å². The molecule has 20 heavy (non-hydrogen) atoms. The highest BCUT2D eigenvalue weighted by atomic mass is 15.3. The fourth-order valence-corrected chi connectivity index (χ4v) is 1.93. The van der Waals surface area contributed by atoms with Gasteiger partial charge in [0.1, 0.15) is 12.7 Å². The minimum absolute atomic E-state index is 0.163. The Labute approximate surface area is 120 Å². The van der Waals surface area contributed by atoms with E-state index in [9.17, 15) is 0 Å². The van der Waals surface area contributed by atoms with Crippen LogP contribution in [0.2, 0.25) is 0 Å². The van der Waals surface area contributed by atoms with Gasteiger partial charge in [-0.3, -0.25) is 0 Å². The van der Waals surface area contributed by atoms with Gasteiger partial charge in [-0.15, -0.1) is 0 Å². The molecule has 0 aliphatic carbocycles. The van der Waals surface area contributed by atoms with Crippen molar-refractivity contribution in [3.8, 4) is 0 Å². The summed E-state index contributed by atoms with van der Waals surface area (Å²) in [5.41, 5.74) is 2.51. The second-order valence-electron chi connectivity index (χ2n) is 5.90. The molecule has 0 amide bonds. The summed E-state index contributed by atoms with van der Waals surface area (Å²) in [5, 5.41) is 11.0. The van der Waals surface area contributed by atoms with E-state index >= 15 is 0 Å². The van der Waals surface area contributed by atoms with Crippen LogP contribution in [-0.4, -0.2) is 33.4 Å². The van der Waals surface area contributed by atoms with Crippen LogP contribution in [-0.2, 0) is 6.54 Å². The maximum absolute atomic E-state index is 4.12. The van der Waals surface area contributed by atoms with E-state index in [1.807, 2.05) is 4.68 Å². The minimum Gasteiger partial charge on any atom is -0.384 e. The van der Waals surface area contributed by atoms with E-state index in [1.165, 1.54) is 5.56 Å². The summed E-state index contributed by atoms with van der Waals surface area (Å²) < 4.78 is 1.82. The Morgan fingerprint density at radius 1 is 1.20 bits per heavy atom. The Bertz CT molecular complexity index is 513. The van der Waals surface area contributed by atoms with Gasteiger partial charge >= 0.3 is 0 Å². The number of aromatic nitrogens is 3. The summed E-state index contributed by atoms with van der Waals surface area (Å²) in [6, 6.07) is 8.40. The first-order chi connectivity index (χ1) is 9.53. The van der Waals surface area contributed by atoms with Gasteiger partial charge < -0.3 is 10.6 Å². The Balaban J connectivity index is 1.83. The van der Waals surface area contributed by atoms with Crippen LogP contribution in [0.15, 0.2) is 36.9 Å². The van der Waals surface area contributed by atoms with Crippen LogP contribution < -0.4 is 10.6 Å². The third-order valence-corrected chi connectivity index (χ3v) is 2.85. The largest absolute Gasteiger partial charge is 0.384 e. The molecule has 0 unspecified atom stereocenters. The minimum atomic E-state index is 0.163. The summed E-state index contributed by atoms with van der Waals surface area (Å²) in [6.45, 7) is 9.11. The number of nitrogens with one attached hydrogen (secondary N) is 2. The first-order valence-electron chi connectivity index (χ1n) is 6.93. The number of rotatable bonds is 6. The highest BCUT2D eigenvalue weighted by Gasteiger charge is 2.07. The van der Waals surface area contributed by atoms with Crippen molar-refractivity contribution < 1.29 is 0 Å². The van der Waals surface area contributed by atoms with Gasteiger partial charge in [0, 0.05) is 24.3 Å². The standard InChI is InChI=1S/C15H23N5/c1-15(2,3)18-8-7-17-14-6-4-5-13(9-14)10-20-12-16-11-19-20/h4-6,9,11-12,17-18H,7-8,10H2,1-3H3. The van der Waals surface area contributed by atoms with E-state index in [0.29, 0.717) is 0 Å². The van der Waals surface area contributed by atoms with Crippen LogP contribution in [0.3, 0.4) is 0 Å². The molecule has 108 valence electrons. The zero-order valence-corrected chi connectivity index (χ0v) is 12.4. The van der Waals surface area contributed by atoms with Gasteiger partial charge in [-0.2, -0.15) is 5.10 Å². The van der Waals surface area contributed by atoms with Gasteiger partial charge in [0.25, 0.3) is 0 Å². The van der Waals surface area contributed by atoms with Gasteiger partial charge in [-0.05, 0) is 38.5 Å². The predicted molar refractivity (Wildman–Crippen MR) is 81.8 cm³/mol. The fraction of sp³-hybridized carbons (Fsp3) is 0.467. The lowest BCUT2D eigenvalue weighted by Crippen LogP contribution is -2.38. The lowest BCUT2D eigenvalue weighted by molar-refractivity contribution is 0.435. The third kappa shape index (κ3) is 5.01. The van der Waals surface area contributed by atoms with Crippen molar-refractivity contribution in [3.05, 3.63) is 42.5 Å². The topological polar surface area (TPSA) is 54.8 Å². The zero-order chi connectivity index (χ0) is 14.4. The molecular formula is C15H23N5. The van der Waals surface area contributed by atoms with Crippen molar-refractivity contribution >= 4 is 5.69 Å². The van der Waals surface area contributed by atoms with Gasteiger partial charge in [0.2, 0.25) is 0 Å². The molecule has 0 aliphatic heterocycles. The van der Waals surface area contributed by atoms with Crippen LogP contribution >= 0.6 is 0 Å². The van der Waals surface area contributed by atoms with Crippen molar-refractivity contribution in [1.82, 2.24) is 20.1 Å². The monoisotopic (exact) mass is 273 g/mol. The molecule has 5 nitrogen and oxygen atoms in total. The molecule has 0 fully saturated rings. The lowest BCUT2D eigenvalue weighted by atomic mass is 10.1. The van der Waals surface area contributed by atoms with Gasteiger partial charge in [-0.25, -0.2) is 9.67 Å². The average Bonchev–Trinajstić information content (AvgIpc) is 2.87. The molecule has 1 heterocycles. The van der Waals surface area contributed by atoms with Crippen LogP contribution in [0.25, 0.3) is 0 Å². The quantitative estimate of drug-likeness (QED) is 0.792. The Kier molecular flexibility index (Phi) is 4.74. The second kappa shape index (κ2) is 6.52. The number of benzene rings is 1. The van der Waals surface area contributed by atoms with Crippen LogP contribution in [0, 0.1) is 0 Å². The molecule has 1 aromatic heterocycles. The van der Waals surface area contributed by atoms with Crippen LogP contribution in [0.5, 0.6) is 0 Å². The third-order valence-electron chi connectivity index (χ3n) is 2.85. The molecule has 1 aromatic carbocycles. The van der Waals surface area contributed by atoms with E-state index in [0.717, 1.165) is 25.3 Å². The summed E-state index contributed by atoms with van der Waals surface area (Å²) >= 11 is 0. The SMILES string of the molecule is CC(C)(C)NCCNc1cccc(Cn2cncn2)c1. The predicted octanol–water partition coefficient (Wildman–Crippen LogP) is 2.13. The van der Waals surface area contributed by atoms with Gasteiger partial charge in [-0.1, -0.05) is 12.1 Å². The van der Waals surface area contributed by atoms with Crippen molar-refractivity contribution in [3.63, 3.8) is 0 Å². The summed E-state index contributed by atoms with van der Waals surface area (Å²) in [5.74, 6) is 0. The highest BCUT2D eigenvalue weighted by Crippen LogP contribution is 2.11. The average molecular weight is 273 g/mol. The maximum atomic E-state index is 4.12. The first kappa shape index (κ1) is 14.5. The van der Waals surface area contributed by atoms with Gasteiger partial charge in [0.05, 0.1) is 6.54 Å². The molecule has 0 radical (unpaired) electrons. The molecular weight excluding hydrogens is 250 g/mol. The van der Waals surface area contributed by atoms with E-state index < -0.39 is 0 Å². The molecule has 2 rings (SSSR count). The highest BCUT2D eigenvalue weighted by molar-refractivity contribution is 5.45. The van der Waals surface area contributed by atoms with Crippen molar-refractivity contribution in [2.45, 2.75) is 32.9 Å². The van der Waals surface area contributed by atoms with E-state index in [1.54, 1.807) is 12.7 Å². The smallest absolute Gasteiger partial charge is 0.137 e. The number of hydrogen-bond acceptors (Lipinski definition) is 4. The fourth-order valence-electron chi connectivity index (χ4n) is 1.93. The van der Waals surface area contributed by atoms with Crippen molar-refractivity contribution in [2.24, 2.45) is 0 Å². The molecule has 0 spiro atoms. The second-order valence-corrected chi connectivity index (χ2v) is 5.90. The molecule has 0 atom stereocenters. The van der Waals surface area contributed by atoms with Crippen molar-refractivity contribution in [1.29, 1.82) is 0 Å². The van der Waals surface area contributed by atoms with Crippen molar-refractivity contribution in [2.75, 3.05) is 18.4 Å². The molecule has 2 aromatic rings. The number of nitrogens with zero attached hydrogens (tertiary/aromatic N) is 3. The maximum Gasteiger partial charge on any atom is 0.137 e. The number of hydrogen-bond donors (Lipinski definition) is 2. The molecule has 0 saturated heterocycles. The van der Waals surface area contributed by atoms with Gasteiger partial charge in [0.15, 0.2) is 0 Å². The summed E-state index contributed by atoms with van der Waals surface area (Å²) in [7, 11) is 0. The van der Waals surface area contributed by atoms with E-state index in [4.69, 9.17) is 0 Å². The number of anilines is 1. The van der Waals surface area contributed by atoms with E-state index in [2.05, 4.69) is 65.8 Å². The molecule has 0 bridgehead atoms. The Hall–Kier alpha value is -1.88. The molecule has 5 heteroatoms. The normalized spacial score (nSPS) is 11.6. The Morgan fingerprint density at radius 3 is 2.75 bits per heavy atom. The Morgan fingerprint density at radius 2 is 2.05 bits per heavy atom. The summed E-state index contributed by atoms with van der Waals surface area (Å²) in [4.78, 5) is 3.95.